The summed E-state index contributed by atoms with van der Waals surface area (Å²) in [7, 11) is 0. The normalized spacial score (nSPS) is 16.5. The van der Waals surface area contributed by atoms with Crippen molar-refractivity contribution in [1.82, 2.24) is 15.4 Å². The van der Waals surface area contributed by atoms with Crippen molar-refractivity contribution >= 4 is 23.2 Å². The molecule has 1 unspecified atom stereocenters. The molecule has 9 nitrogen and oxygen atoms in total. The van der Waals surface area contributed by atoms with Crippen LogP contribution >= 0.6 is 0 Å². The summed E-state index contributed by atoms with van der Waals surface area (Å²) in [5.41, 5.74) is 5.73. The molecule has 1 saturated heterocycles. The Balaban J connectivity index is 1.77. The van der Waals surface area contributed by atoms with Crippen LogP contribution in [0.5, 0.6) is 0 Å². The van der Waals surface area contributed by atoms with Crippen LogP contribution in [-0.4, -0.2) is 33.4 Å². The number of hydrogen-bond donors (Lipinski definition) is 2. The fourth-order valence-electron chi connectivity index (χ4n) is 3.50. The van der Waals surface area contributed by atoms with Crippen LogP contribution in [0.25, 0.3) is 0 Å². The van der Waals surface area contributed by atoms with Crippen LogP contribution in [0, 0.1) is 10.1 Å². The molecule has 1 aromatic carbocycles. The summed E-state index contributed by atoms with van der Waals surface area (Å²) >= 11 is 0. The predicted molar refractivity (Wildman–Crippen MR) is 106 cm³/mol. The minimum atomic E-state index is -0.498. The van der Waals surface area contributed by atoms with Crippen molar-refractivity contribution in [2.45, 2.75) is 45.1 Å². The number of nitrogens with one attached hydrogen (secondary N) is 2. The number of nitrogens with zero attached hydrogens (tertiary/aromatic N) is 4. The standard InChI is InChI=1S/C19H24N6O3/c1-2-15-10-6-7-11-24(15)19-17(25(27)28)18(20-13-21-19)23-22-16(26)12-14-8-4-3-5-9-14/h3-5,8-9,13,15H,2,6-7,10-12H2,1H3,(H,22,26)(H,20,21,23). The lowest BCUT2D eigenvalue weighted by molar-refractivity contribution is -0.383. The van der Waals surface area contributed by atoms with Gasteiger partial charge in [-0.1, -0.05) is 37.3 Å². The Labute approximate surface area is 163 Å². The molecule has 148 valence electrons. The van der Waals surface area contributed by atoms with Gasteiger partial charge in [0, 0.05) is 12.6 Å². The number of carbonyl (C=O) groups excluding carboxylic acids is 1. The fourth-order valence-corrected chi connectivity index (χ4v) is 3.50. The molecule has 0 saturated carbocycles. The zero-order valence-electron chi connectivity index (χ0n) is 15.8. The summed E-state index contributed by atoms with van der Waals surface area (Å²) in [6, 6.07) is 9.46. The first-order valence-electron chi connectivity index (χ1n) is 9.45. The van der Waals surface area contributed by atoms with Crippen LogP contribution in [0.3, 0.4) is 0 Å². The van der Waals surface area contributed by atoms with E-state index in [2.05, 4.69) is 27.7 Å². The third kappa shape index (κ3) is 4.54. The second kappa shape index (κ2) is 9.12. The van der Waals surface area contributed by atoms with Gasteiger partial charge in [0.2, 0.25) is 17.5 Å². The Morgan fingerprint density at radius 2 is 2.07 bits per heavy atom. The van der Waals surface area contributed by atoms with E-state index in [4.69, 9.17) is 0 Å². The Morgan fingerprint density at radius 1 is 1.29 bits per heavy atom. The van der Waals surface area contributed by atoms with Crippen molar-refractivity contribution in [3.63, 3.8) is 0 Å². The molecule has 2 aromatic rings. The monoisotopic (exact) mass is 384 g/mol. The highest BCUT2D eigenvalue weighted by Gasteiger charge is 2.31. The van der Waals surface area contributed by atoms with Gasteiger partial charge in [0.25, 0.3) is 0 Å². The maximum atomic E-state index is 12.2. The topological polar surface area (TPSA) is 113 Å². The number of aromatic nitrogens is 2. The van der Waals surface area contributed by atoms with E-state index in [0.29, 0.717) is 5.82 Å². The van der Waals surface area contributed by atoms with Gasteiger partial charge in [0.05, 0.1) is 11.3 Å². The van der Waals surface area contributed by atoms with Crippen LogP contribution in [-0.2, 0) is 11.2 Å². The summed E-state index contributed by atoms with van der Waals surface area (Å²) in [6.07, 6.45) is 5.38. The molecule has 2 heterocycles. The summed E-state index contributed by atoms with van der Waals surface area (Å²) in [6.45, 7) is 2.79. The van der Waals surface area contributed by atoms with Gasteiger partial charge in [-0.05, 0) is 31.2 Å². The van der Waals surface area contributed by atoms with E-state index >= 15 is 0 Å². The van der Waals surface area contributed by atoms with E-state index in [1.165, 1.54) is 6.33 Å². The molecule has 1 fully saturated rings. The summed E-state index contributed by atoms with van der Waals surface area (Å²) < 4.78 is 0. The van der Waals surface area contributed by atoms with Crippen LogP contribution < -0.4 is 15.8 Å². The number of benzene rings is 1. The van der Waals surface area contributed by atoms with Gasteiger partial charge >= 0.3 is 5.69 Å². The lowest BCUT2D eigenvalue weighted by atomic mass is 10.00. The molecule has 1 aromatic heterocycles. The molecular formula is C19H24N6O3. The van der Waals surface area contributed by atoms with Crippen molar-refractivity contribution in [3.05, 3.63) is 52.3 Å². The second-order valence-electron chi connectivity index (χ2n) is 6.74. The van der Waals surface area contributed by atoms with E-state index in [0.717, 1.165) is 37.8 Å². The van der Waals surface area contributed by atoms with Crippen molar-refractivity contribution in [3.8, 4) is 0 Å². The van der Waals surface area contributed by atoms with Gasteiger partial charge in [-0.2, -0.15) is 0 Å². The number of hydrogen-bond acceptors (Lipinski definition) is 7. The maximum absolute atomic E-state index is 12.2. The van der Waals surface area contributed by atoms with Gasteiger partial charge in [0.15, 0.2) is 0 Å². The summed E-state index contributed by atoms with van der Waals surface area (Å²) in [4.78, 5) is 33.6. The first-order valence-corrected chi connectivity index (χ1v) is 9.45. The van der Waals surface area contributed by atoms with Crippen molar-refractivity contribution in [2.75, 3.05) is 16.9 Å². The first-order chi connectivity index (χ1) is 13.6. The van der Waals surface area contributed by atoms with Crippen LogP contribution in [0.15, 0.2) is 36.7 Å². The number of amides is 1. The molecule has 0 bridgehead atoms. The molecule has 2 N–H and O–H groups in total. The van der Waals surface area contributed by atoms with Crippen LogP contribution in [0.1, 0.15) is 38.2 Å². The van der Waals surface area contributed by atoms with Gasteiger partial charge < -0.3 is 4.90 Å². The average Bonchev–Trinajstić information content (AvgIpc) is 2.72. The van der Waals surface area contributed by atoms with E-state index in [9.17, 15) is 14.9 Å². The molecule has 3 rings (SSSR count). The number of carbonyl (C=O) groups is 1. The van der Waals surface area contributed by atoms with E-state index < -0.39 is 4.92 Å². The summed E-state index contributed by atoms with van der Waals surface area (Å²) in [5.74, 6) is -0.0340. The van der Waals surface area contributed by atoms with E-state index in [-0.39, 0.29) is 29.9 Å². The van der Waals surface area contributed by atoms with Gasteiger partial charge in [-0.25, -0.2) is 9.97 Å². The SMILES string of the molecule is CCC1CCCCN1c1ncnc(NNC(=O)Cc2ccccc2)c1[N+](=O)[O-]. The Hall–Kier alpha value is -3.23. The highest BCUT2D eigenvalue weighted by molar-refractivity contribution is 5.81. The van der Waals surface area contributed by atoms with E-state index in [1.54, 1.807) is 0 Å². The molecule has 1 amide bonds. The third-order valence-electron chi connectivity index (χ3n) is 4.88. The van der Waals surface area contributed by atoms with Crippen molar-refractivity contribution < 1.29 is 9.72 Å². The maximum Gasteiger partial charge on any atom is 0.355 e. The second-order valence-corrected chi connectivity index (χ2v) is 6.74. The predicted octanol–water partition coefficient (Wildman–Crippen LogP) is 2.84. The van der Waals surface area contributed by atoms with Gasteiger partial charge in [-0.3, -0.25) is 25.8 Å². The number of hydrazine groups is 1. The molecule has 0 radical (unpaired) electrons. The zero-order valence-corrected chi connectivity index (χ0v) is 15.8. The lowest BCUT2D eigenvalue weighted by Gasteiger charge is -2.35. The van der Waals surface area contributed by atoms with Crippen LogP contribution in [0.2, 0.25) is 0 Å². The fraction of sp³-hybridized carbons (Fsp3) is 0.421. The molecule has 0 spiro atoms. The average molecular weight is 384 g/mol. The first kappa shape index (κ1) is 19.5. The molecule has 1 aliphatic rings. The van der Waals surface area contributed by atoms with E-state index in [1.807, 2.05) is 35.2 Å². The van der Waals surface area contributed by atoms with Crippen molar-refractivity contribution in [1.29, 1.82) is 0 Å². The molecule has 9 heteroatoms. The largest absolute Gasteiger partial charge is 0.355 e. The number of anilines is 2. The smallest absolute Gasteiger partial charge is 0.348 e. The third-order valence-corrected chi connectivity index (χ3v) is 4.88. The minimum absolute atomic E-state index is 0.0168. The molecule has 1 atom stereocenters. The van der Waals surface area contributed by atoms with Crippen molar-refractivity contribution in [2.24, 2.45) is 0 Å². The summed E-state index contributed by atoms with van der Waals surface area (Å²) in [5, 5.41) is 11.8. The Bertz CT molecular complexity index is 830. The Kier molecular flexibility index (Phi) is 6.36. The number of piperidine rings is 1. The molecule has 28 heavy (non-hydrogen) atoms. The molecule has 1 aliphatic heterocycles. The molecular weight excluding hydrogens is 360 g/mol. The van der Waals surface area contributed by atoms with Gasteiger partial charge in [0.1, 0.15) is 6.33 Å². The Morgan fingerprint density at radius 3 is 2.79 bits per heavy atom. The number of rotatable bonds is 7. The highest BCUT2D eigenvalue weighted by Crippen LogP contribution is 2.35. The van der Waals surface area contributed by atoms with Gasteiger partial charge in [-0.15, -0.1) is 0 Å². The minimum Gasteiger partial charge on any atom is -0.348 e. The van der Waals surface area contributed by atoms with Crippen LogP contribution in [0.4, 0.5) is 17.3 Å². The lowest BCUT2D eigenvalue weighted by Crippen LogP contribution is -2.40. The quantitative estimate of drug-likeness (QED) is 0.557. The molecule has 0 aliphatic carbocycles. The zero-order chi connectivity index (χ0) is 19.9. The highest BCUT2D eigenvalue weighted by atomic mass is 16.6. The number of nitro groups is 1.